The third-order valence-electron chi connectivity index (χ3n) is 3.39. The number of methoxy groups -OCH3 is 1. The zero-order valence-electron chi connectivity index (χ0n) is 11.0. The third-order valence-corrected chi connectivity index (χ3v) is 3.39. The molecule has 1 saturated heterocycles. The van der Waals surface area contributed by atoms with Crippen LogP contribution < -0.4 is 10.5 Å². The largest absolute Gasteiger partial charge is 0.490 e. The van der Waals surface area contributed by atoms with Gasteiger partial charge in [0.2, 0.25) is 0 Å². The zero-order valence-corrected chi connectivity index (χ0v) is 11.0. The molecular weight excluding hydrogens is 246 g/mol. The van der Waals surface area contributed by atoms with Crippen molar-refractivity contribution in [2.75, 3.05) is 20.2 Å². The fourth-order valence-electron chi connectivity index (χ4n) is 2.47. The predicted molar refractivity (Wildman–Crippen MR) is 72.1 cm³/mol. The van der Waals surface area contributed by atoms with Gasteiger partial charge in [-0.05, 0) is 31.0 Å². The van der Waals surface area contributed by atoms with Crippen molar-refractivity contribution in [3.8, 4) is 5.75 Å². The van der Waals surface area contributed by atoms with Crippen LogP contribution in [0.4, 0.5) is 5.69 Å². The SMILES string of the molecule is COc1ccc(CN2CCC[C@@H](N)C2)cc1[N+](=O)[O-]. The van der Waals surface area contributed by atoms with Gasteiger partial charge < -0.3 is 10.5 Å². The number of nitrogens with zero attached hydrogens (tertiary/aromatic N) is 2. The molecule has 1 aliphatic heterocycles. The number of hydrogen-bond acceptors (Lipinski definition) is 5. The van der Waals surface area contributed by atoms with Crippen molar-refractivity contribution in [1.82, 2.24) is 4.90 Å². The molecule has 6 nitrogen and oxygen atoms in total. The quantitative estimate of drug-likeness (QED) is 0.659. The molecule has 0 amide bonds. The molecule has 6 heteroatoms. The summed E-state index contributed by atoms with van der Waals surface area (Å²) in [5.74, 6) is 0.295. The van der Waals surface area contributed by atoms with Gasteiger partial charge in [-0.1, -0.05) is 6.07 Å². The summed E-state index contributed by atoms with van der Waals surface area (Å²) in [6, 6.07) is 5.31. The van der Waals surface area contributed by atoms with Crippen molar-refractivity contribution >= 4 is 5.69 Å². The van der Waals surface area contributed by atoms with Crippen LogP contribution >= 0.6 is 0 Å². The highest BCUT2D eigenvalue weighted by Gasteiger charge is 2.19. The van der Waals surface area contributed by atoms with Gasteiger partial charge in [-0.25, -0.2) is 0 Å². The molecule has 104 valence electrons. The first-order valence-electron chi connectivity index (χ1n) is 6.39. The molecule has 0 unspecified atom stereocenters. The maximum absolute atomic E-state index is 11.0. The second-order valence-corrected chi connectivity index (χ2v) is 4.90. The van der Waals surface area contributed by atoms with Crippen molar-refractivity contribution < 1.29 is 9.66 Å². The van der Waals surface area contributed by atoms with Gasteiger partial charge in [-0.15, -0.1) is 0 Å². The van der Waals surface area contributed by atoms with E-state index >= 15 is 0 Å². The van der Waals surface area contributed by atoms with Crippen LogP contribution in [0.15, 0.2) is 18.2 Å². The summed E-state index contributed by atoms with van der Waals surface area (Å²) in [7, 11) is 1.44. The number of piperidine rings is 1. The molecule has 0 spiro atoms. The van der Waals surface area contributed by atoms with E-state index in [2.05, 4.69) is 4.90 Å². The molecule has 0 saturated carbocycles. The number of nitrogens with two attached hydrogens (primary N) is 1. The maximum atomic E-state index is 11.0. The van der Waals surface area contributed by atoms with E-state index in [-0.39, 0.29) is 11.7 Å². The highest BCUT2D eigenvalue weighted by molar-refractivity contribution is 5.48. The Kier molecular flexibility index (Phi) is 4.34. The van der Waals surface area contributed by atoms with Crippen LogP contribution in [0.1, 0.15) is 18.4 Å². The van der Waals surface area contributed by atoms with Gasteiger partial charge in [-0.2, -0.15) is 0 Å². The average molecular weight is 265 g/mol. The second kappa shape index (κ2) is 5.99. The van der Waals surface area contributed by atoms with E-state index in [1.54, 1.807) is 12.1 Å². The first-order chi connectivity index (χ1) is 9.10. The molecule has 19 heavy (non-hydrogen) atoms. The van der Waals surface area contributed by atoms with E-state index in [1.807, 2.05) is 6.07 Å². The molecule has 0 bridgehead atoms. The first-order valence-corrected chi connectivity index (χ1v) is 6.39. The Balaban J connectivity index is 2.12. The van der Waals surface area contributed by atoms with Crippen molar-refractivity contribution in [1.29, 1.82) is 0 Å². The van der Waals surface area contributed by atoms with Gasteiger partial charge in [0, 0.05) is 25.2 Å². The Morgan fingerprint density at radius 2 is 2.37 bits per heavy atom. The van der Waals surface area contributed by atoms with E-state index < -0.39 is 4.92 Å². The molecule has 1 aliphatic rings. The Morgan fingerprint density at radius 3 is 3.00 bits per heavy atom. The molecular formula is C13H19N3O3. The lowest BCUT2D eigenvalue weighted by Gasteiger charge is -2.30. The summed E-state index contributed by atoms with van der Waals surface area (Å²) >= 11 is 0. The molecule has 1 aromatic rings. The summed E-state index contributed by atoms with van der Waals surface area (Å²) in [4.78, 5) is 12.8. The summed E-state index contributed by atoms with van der Waals surface area (Å²) in [6.45, 7) is 2.53. The minimum Gasteiger partial charge on any atom is -0.490 e. The topological polar surface area (TPSA) is 81.6 Å². The smallest absolute Gasteiger partial charge is 0.311 e. The summed E-state index contributed by atoms with van der Waals surface area (Å²) in [5, 5.41) is 11.0. The second-order valence-electron chi connectivity index (χ2n) is 4.90. The molecule has 1 fully saturated rings. The number of rotatable bonds is 4. The van der Waals surface area contributed by atoms with E-state index in [0.29, 0.717) is 12.3 Å². The number of benzene rings is 1. The van der Waals surface area contributed by atoms with Crippen LogP contribution in [0, 0.1) is 10.1 Å². The molecule has 2 rings (SSSR count). The lowest BCUT2D eigenvalue weighted by Crippen LogP contribution is -2.42. The lowest BCUT2D eigenvalue weighted by atomic mass is 10.1. The van der Waals surface area contributed by atoms with Crippen molar-refractivity contribution in [3.05, 3.63) is 33.9 Å². The summed E-state index contributed by atoms with van der Waals surface area (Å²) in [5.41, 5.74) is 6.87. The minimum atomic E-state index is -0.412. The van der Waals surface area contributed by atoms with Crippen LogP contribution in [-0.4, -0.2) is 36.1 Å². The highest BCUT2D eigenvalue weighted by Crippen LogP contribution is 2.28. The van der Waals surface area contributed by atoms with E-state index in [0.717, 1.165) is 31.5 Å². The molecule has 0 aliphatic carbocycles. The Bertz CT molecular complexity index is 464. The number of nitro benzene ring substituents is 1. The predicted octanol–water partition coefficient (Wildman–Crippen LogP) is 1.53. The van der Waals surface area contributed by atoms with Crippen LogP contribution in [-0.2, 0) is 6.54 Å². The normalized spacial score (nSPS) is 20.2. The number of hydrogen-bond donors (Lipinski definition) is 1. The molecule has 0 radical (unpaired) electrons. The van der Waals surface area contributed by atoms with E-state index in [9.17, 15) is 10.1 Å². The molecule has 1 aromatic carbocycles. The highest BCUT2D eigenvalue weighted by atomic mass is 16.6. The summed E-state index contributed by atoms with van der Waals surface area (Å²) < 4.78 is 4.99. The molecule has 1 heterocycles. The van der Waals surface area contributed by atoms with Crippen LogP contribution in [0.3, 0.4) is 0 Å². The molecule has 1 atom stereocenters. The molecule has 0 aromatic heterocycles. The average Bonchev–Trinajstić information content (AvgIpc) is 2.38. The van der Waals surface area contributed by atoms with Crippen LogP contribution in [0.2, 0.25) is 0 Å². The maximum Gasteiger partial charge on any atom is 0.311 e. The number of nitro groups is 1. The lowest BCUT2D eigenvalue weighted by molar-refractivity contribution is -0.385. The van der Waals surface area contributed by atoms with Gasteiger partial charge >= 0.3 is 5.69 Å². The van der Waals surface area contributed by atoms with E-state index in [4.69, 9.17) is 10.5 Å². The monoisotopic (exact) mass is 265 g/mol. The van der Waals surface area contributed by atoms with Crippen molar-refractivity contribution in [3.63, 3.8) is 0 Å². The van der Waals surface area contributed by atoms with Gasteiger partial charge in [0.05, 0.1) is 12.0 Å². The Morgan fingerprint density at radius 1 is 1.58 bits per heavy atom. The fourth-order valence-corrected chi connectivity index (χ4v) is 2.47. The van der Waals surface area contributed by atoms with Crippen LogP contribution in [0.25, 0.3) is 0 Å². The Hall–Kier alpha value is -1.66. The third kappa shape index (κ3) is 3.42. The Labute approximate surface area is 112 Å². The fraction of sp³-hybridized carbons (Fsp3) is 0.538. The van der Waals surface area contributed by atoms with E-state index in [1.165, 1.54) is 7.11 Å². The van der Waals surface area contributed by atoms with Crippen molar-refractivity contribution in [2.45, 2.75) is 25.4 Å². The number of likely N-dealkylation sites (tertiary alicyclic amines) is 1. The van der Waals surface area contributed by atoms with Gasteiger partial charge in [-0.3, -0.25) is 15.0 Å². The van der Waals surface area contributed by atoms with Gasteiger partial charge in [0.25, 0.3) is 0 Å². The van der Waals surface area contributed by atoms with Crippen molar-refractivity contribution in [2.24, 2.45) is 5.73 Å². The first kappa shape index (κ1) is 13.8. The van der Waals surface area contributed by atoms with Gasteiger partial charge in [0.15, 0.2) is 5.75 Å². The standard InChI is InChI=1S/C13H19N3O3/c1-19-13-5-4-10(7-12(13)16(17)18)8-15-6-2-3-11(14)9-15/h4-5,7,11H,2-3,6,8-9,14H2,1H3/t11-/m1/s1. The summed E-state index contributed by atoms with van der Waals surface area (Å²) in [6.07, 6.45) is 2.14. The van der Waals surface area contributed by atoms with Crippen LogP contribution in [0.5, 0.6) is 5.75 Å². The molecule has 2 N–H and O–H groups in total. The zero-order chi connectivity index (χ0) is 13.8. The number of ether oxygens (including phenoxy) is 1. The minimum absolute atomic E-state index is 0.0151. The van der Waals surface area contributed by atoms with Gasteiger partial charge in [0.1, 0.15) is 0 Å².